The van der Waals surface area contributed by atoms with E-state index in [1.807, 2.05) is 0 Å². The molecule has 0 aliphatic heterocycles. The van der Waals surface area contributed by atoms with Crippen LogP contribution in [-0.2, 0) is 14.4 Å². The Morgan fingerprint density at radius 3 is 1.07 bits per heavy atom. The second-order valence-corrected chi connectivity index (χ2v) is 12.8. The molecule has 0 aromatic rings. The number of allylic oxidation sites excluding steroid dienone is 2. The average molecular weight is 611 g/mol. The highest BCUT2D eigenvalue weighted by molar-refractivity contribution is 5.67. The number of hydrogen-bond donors (Lipinski definition) is 3. The molecule has 0 bridgehead atoms. The molecule has 7 nitrogen and oxygen atoms in total. The minimum atomic E-state index is -0.773. The Kier molecular flexibility index (Phi) is 28.8. The molecule has 3 N–H and O–H groups in total. The van der Waals surface area contributed by atoms with Crippen LogP contribution < -0.4 is 0 Å². The molecular formula is C36H68NO6+. The lowest BCUT2D eigenvalue weighted by molar-refractivity contribution is -0.929. The minimum Gasteiger partial charge on any atom is -0.481 e. The molecule has 252 valence electrons. The zero-order valence-electron chi connectivity index (χ0n) is 27.9. The number of carboxylic acid groups (broad SMARTS) is 3. The van der Waals surface area contributed by atoms with E-state index in [2.05, 4.69) is 19.1 Å². The average Bonchev–Trinajstić information content (AvgIpc) is 2.96. The van der Waals surface area contributed by atoms with Gasteiger partial charge in [0.25, 0.3) is 0 Å². The van der Waals surface area contributed by atoms with E-state index >= 15 is 0 Å². The molecule has 0 unspecified atom stereocenters. The summed E-state index contributed by atoms with van der Waals surface area (Å²) in [5.74, 6) is -2.32. The number of carbonyl (C=O) groups is 3. The predicted molar refractivity (Wildman–Crippen MR) is 177 cm³/mol. The maximum Gasteiger partial charge on any atom is 0.303 e. The van der Waals surface area contributed by atoms with Crippen LogP contribution in [-0.4, -0.2) is 63.9 Å². The number of unbranched alkanes of at least 4 members (excludes halogenated alkanes) is 18. The lowest BCUT2D eigenvalue weighted by Crippen LogP contribution is -2.50. The molecule has 0 aromatic heterocycles. The maximum absolute atomic E-state index is 11.0. The highest BCUT2D eigenvalue weighted by atomic mass is 16.4. The van der Waals surface area contributed by atoms with E-state index in [1.54, 1.807) is 0 Å². The molecule has 7 heteroatoms. The zero-order valence-corrected chi connectivity index (χ0v) is 27.9. The van der Waals surface area contributed by atoms with Gasteiger partial charge in [0.2, 0.25) is 0 Å². The molecule has 0 amide bonds. The molecule has 0 atom stereocenters. The SMILES string of the molecule is CCCCCCCCCCCCCCCC/C=C/CCC[N+](CCCCC(=O)O)(CCCCC(=O)O)CCCCC(=O)O. The first-order chi connectivity index (χ1) is 20.8. The molecule has 0 saturated heterocycles. The van der Waals surface area contributed by atoms with Crippen LogP contribution in [0.15, 0.2) is 12.2 Å². The Balaban J connectivity index is 4.35. The number of carboxylic acids is 3. The van der Waals surface area contributed by atoms with E-state index in [4.69, 9.17) is 15.3 Å². The fraction of sp³-hybridized carbons (Fsp3) is 0.861. The first-order valence-corrected chi connectivity index (χ1v) is 18.0. The van der Waals surface area contributed by atoms with Crippen LogP contribution in [0.5, 0.6) is 0 Å². The van der Waals surface area contributed by atoms with E-state index < -0.39 is 17.9 Å². The molecule has 0 radical (unpaired) electrons. The fourth-order valence-electron chi connectivity index (χ4n) is 6.08. The van der Waals surface area contributed by atoms with Gasteiger partial charge in [-0.05, 0) is 57.8 Å². The third-order valence-electron chi connectivity index (χ3n) is 8.71. The molecule has 0 fully saturated rings. The van der Waals surface area contributed by atoms with Crippen LogP contribution in [0.25, 0.3) is 0 Å². The van der Waals surface area contributed by atoms with Gasteiger partial charge in [-0.2, -0.15) is 0 Å². The highest BCUT2D eigenvalue weighted by Gasteiger charge is 2.26. The van der Waals surface area contributed by atoms with Crippen LogP contribution in [0.2, 0.25) is 0 Å². The van der Waals surface area contributed by atoms with Gasteiger partial charge in [0.15, 0.2) is 0 Å². The second-order valence-electron chi connectivity index (χ2n) is 12.8. The van der Waals surface area contributed by atoms with E-state index in [0.717, 1.165) is 69.2 Å². The van der Waals surface area contributed by atoms with E-state index in [1.165, 1.54) is 89.9 Å². The third kappa shape index (κ3) is 29.9. The van der Waals surface area contributed by atoms with Crippen molar-refractivity contribution < 1.29 is 34.2 Å². The summed E-state index contributed by atoms with van der Waals surface area (Å²) in [5.41, 5.74) is 0. The first-order valence-electron chi connectivity index (χ1n) is 18.0. The lowest BCUT2D eigenvalue weighted by atomic mass is 10.0. The van der Waals surface area contributed by atoms with Crippen LogP contribution in [0, 0.1) is 0 Å². The normalized spacial score (nSPS) is 11.8. The smallest absolute Gasteiger partial charge is 0.303 e. The standard InChI is InChI=1S/C36H67NO6/c1-2-3-4-5-6-7-8-9-10-11-12-13-14-15-16-17-18-19-23-30-37(31-24-20-27-34(38)39,32-25-21-28-35(40)41)33-26-22-29-36(42)43/h17-18H,2-16,19-33H2,1H3,(H2-,38,39,40,41,42,43)/p+1/b18-17+. The summed E-state index contributed by atoms with van der Waals surface area (Å²) >= 11 is 0. The highest BCUT2D eigenvalue weighted by Crippen LogP contribution is 2.19. The summed E-state index contributed by atoms with van der Waals surface area (Å²) < 4.78 is 0.839. The summed E-state index contributed by atoms with van der Waals surface area (Å²) in [6.45, 7) is 5.86. The van der Waals surface area contributed by atoms with Gasteiger partial charge in [0, 0.05) is 25.7 Å². The molecule has 0 saturated carbocycles. The summed E-state index contributed by atoms with van der Waals surface area (Å²) in [4.78, 5) is 33.0. The van der Waals surface area contributed by atoms with Crippen molar-refractivity contribution in [2.45, 2.75) is 174 Å². The van der Waals surface area contributed by atoms with Gasteiger partial charge in [-0.25, -0.2) is 0 Å². The quantitative estimate of drug-likeness (QED) is 0.0380. The second kappa shape index (κ2) is 30.1. The zero-order chi connectivity index (χ0) is 31.9. The summed E-state index contributed by atoms with van der Waals surface area (Å²) in [7, 11) is 0. The van der Waals surface area contributed by atoms with Gasteiger partial charge in [-0.15, -0.1) is 0 Å². The van der Waals surface area contributed by atoms with E-state index in [0.29, 0.717) is 19.3 Å². The molecule has 0 spiro atoms. The largest absolute Gasteiger partial charge is 0.481 e. The summed E-state index contributed by atoms with van der Waals surface area (Å²) in [6.07, 6.45) is 32.0. The lowest BCUT2D eigenvalue weighted by Gasteiger charge is -2.39. The van der Waals surface area contributed by atoms with Crippen molar-refractivity contribution in [2.24, 2.45) is 0 Å². The maximum atomic E-state index is 11.0. The molecule has 0 rings (SSSR count). The molecular weight excluding hydrogens is 542 g/mol. The van der Waals surface area contributed by atoms with Crippen molar-refractivity contribution in [3.05, 3.63) is 12.2 Å². The fourth-order valence-corrected chi connectivity index (χ4v) is 6.08. The molecule has 43 heavy (non-hydrogen) atoms. The molecule has 0 aliphatic carbocycles. The van der Waals surface area contributed by atoms with Gasteiger partial charge in [0.1, 0.15) is 0 Å². The van der Waals surface area contributed by atoms with Crippen LogP contribution in [0.1, 0.15) is 174 Å². The van der Waals surface area contributed by atoms with Crippen molar-refractivity contribution in [1.82, 2.24) is 0 Å². The van der Waals surface area contributed by atoms with E-state index in [9.17, 15) is 14.4 Å². The van der Waals surface area contributed by atoms with Crippen LogP contribution in [0.3, 0.4) is 0 Å². The monoisotopic (exact) mass is 611 g/mol. The number of hydrogen-bond acceptors (Lipinski definition) is 3. The van der Waals surface area contributed by atoms with E-state index in [-0.39, 0.29) is 19.3 Å². The summed E-state index contributed by atoms with van der Waals surface area (Å²) in [6, 6.07) is 0. The molecule has 0 heterocycles. The Morgan fingerprint density at radius 1 is 0.419 bits per heavy atom. The Bertz CT molecular complexity index is 653. The Morgan fingerprint density at radius 2 is 0.721 bits per heavy atom. The topological polar surface area (TPSA) is 112 Å². The van der Waals surface area contributed by atoms with Gasteiger partial charge in [-0.3, -0.25) is 14.4 Å². The first kappa shape index (κ1) is 41.1. The number of quaternary nitrogens is 1. The number of rotatable bonds is 34. The van der Waals surface area contributed by atoms with Crippen LogP contribution in [0.4, 0.5) is 0 Å². The number of aliphatic carboxylic acids is 3. The molecule has 0 aromatic carbocycles. The number of nitrogens with zero attached hydrogens (tertiary/aromatic N) is 1. The predicted octanol–water partition coefficient (Wildman–Crippen LogP) is 9.78. The van der Waals surface area contributed by atoms with Gasteiger partial charge in [-0.1, -0.05) is 103 Å². The van der Waals surface area contributed by atoms with Gasteiger partial charge < -0.3 is 19.8 Å². The van der Waals surface area contributed by atoms with Crippen molar-refractivity contribution >= 4 is 17.9 Å². The van der Waals surface area contributed by atoms with Crippen LogP contribution >= 0.6 is 0 Å². The Labute approximate surface area is 264 Å². The van der Waals surface area contributed by atoms with Crippen molar-refractivity contribution in [1.29, 1.82) is 0 Å². The third-order valence-corrected chi connectivity index (χ3v) is 8.71. The summed E-state index contributed by atoms with van der Waals surface area (Å²) in [5, 5.41) is 27.1. The molecule has 0 aliphatic rings. The van der Waals surface area contributed by atoms with Gasteiger partial charge >= 0.3 is 17.9 Å². The van der Waals surface area contributed by atoms with Gasteiger partial charge in [0.05, 0.1) is 26.2 Å². The Hall–Kier alpha value is -1.89. The van der Waals surface area contributed by atoms with Crippen molar-refractivity contribution in [3.63, 3.8) is 0 Å². The van der Waals surface area contributed by atoms with Crippen molar-refractivity contribution in [2.75, 3.05) is 26.2 Å². The van der Waals surface area contributed by atoms with Crippen molar-refractivity contribution in [3.8, 4) is 0 Å². The minimum absolute atomic E-state index is 0.167.